The first-order valence-electron chi connectivity index (χ1n) is 6.85. The standard InChI is InChI=1S/C15H8N4O4S/c20-18(21)10-7-5-9(6-8-10)13-14(19(22)23)17-11-3-1-2-4-12(11)24-15(17)16-13/h1-8H. The van der Waals surface area contributed by atoms with Gasteiger partial charge >= 0.3 is 5.82 Å². The summed E-state index contributed by atoms with van der Waals surface area (Å²) in [7, 11) is 0. The third-order valence-electron chi connectivity index (χ3n) is 3.65. The second-order valence-corrected chi connectivity index (χ2v) is 6.04. The van der Waals surface area contributed by atoms with E-state index in [1.807, 2.05) is 18.2 Å². The van der Waals surface area contributed by atoms with Crippen LogP contribution in [0.5, 0.6) is 0 Å². The summed E-state index contributed by atoms with van der Waals surface area (Å²) in [5.74, 6) is -0.142. The molecule has 0 fully saturated rings. The Kier molecular flexibility index (Phi) is 3.03. The molecule has 0 N–H and O–H groups in total. The molecule has 0 unspecified atom stereocenters. The van der Waals surface area contributed by atoms with E-state index in [1.165, 1.54) is 40.0 Å². The molecule has 24 heavy (non-hydrogen) atoms. The number of nitrogens with zero attached hydrogens (tertiary/aromatic N) is 4. The van der Waals surface area contributed by atoms with E-state index < -0.39 is 9.85 Å². The Morgan fingerprint density at radius 2 is 1.67 bits per heavy atom. The molecule has 118 valence electrons. The topological polar surface area (TPSA) is 104 Å². The molecule has 8 nitrogen and oxygen atoms in total. The Balaban J connectivity index is 2.00. The highest BCUT2D eigenvalue weighted by molar-refractivity contribution is 7.23. The molecule has 9 heteroatoms. The molecule has 2 heterocycles. The molecule has 0 saturated carbocycles. The summed E-state index contributed by atoms with van der Waals surface area (Å²) in [6.45, 7) is 0. The lowest BCUT2D eigenvalue weighted by molar-refractivity contribution is -0.389. The van der Waals surface area contributed by atoms with Crippen LogP contribution in [0.15, 0.2) is 48.5 Å². The van der Waals surface area contributed by atoms with Gasteiger partial charge in [0.05, 0.1) is 9.62 Å². The molecule has 0 amide bonds. The Hall–Kier alpha value is -3.33. The fourth-order valence-corrected chi connectivity index (χ4v) is 3.63. The lowest BCUT2D eigenvalue weighted by Gasteiger charge is -1.99. The van der Waals surface area contributed by atoms with Crippen LogP contribution in [0.2, 0.25) is 0 Å². The minimum absolute atomic E-state index is 0.0760. The predicted molar refractivity (Wildman–Crippen MR) is 89.3 cm³/mol. The first-order chi connectivity index (χ1) is 11.6. The minimum Gasteiger partial charge on any atom is -0.358 e. The van der Waals surface area contributed by atoms with Crippen LogP contribution in [0.4, 0.5) is 11.5 Å². The summed E-state index contributed by atoms with van der Waals surface area (Å²) >= 11 is 1.36. The van der Waals surface area contributed by atoms with Crippen molar-refractivity contribution in [1.29, 1.82) is 0 Å². The number of hydrogen-bond donors (Lipinski definition) is 0. The first kappa shape index (κ1) is 14.3. The van der Waals surface area contributed by atoms with Crippen molar-refractivity contribution in [2.24, 2.45) is 0 Å². The molecule has 4 rings (SSSR count). The average molecular weight is 340 g/mol. The molecule has 0 aliphatic heterocycles. The summed E-state index contributed by atoms with van der Waals surface area (Å²) in [6, 6.07) is 12.9. The normalized spacial score (nSPS) is 11.2. The van der Waals surface area contributed by atoms with Crippen LogP contribution in [0.25, 0.3) is 26.4 Å². The van der Waals surface area contributed by atoms with Crippen molar-refractivity contribution >= 4 is 38.0 Å². The van der Waals surface area contributed by atoms with E-state index in [4.69, 9.17) is 0 Å². The second-order valence-electron chi connectivity index (χ2n) is 5.03. The van der Waals surface area contributed by atoms with Gasteiger partial charge in [0.15, 0.2) is 11.2 Å². The van der Waals surface area contributed by atoms with Gasteiger partial charge in [0.2, 0.25) is 0 Å². The number of benzene rings is 2. The van der Waals surface area contributed by atoms with E-state index >= 15 is 0 Å². The largest absolute Gasteiger partial charge is 0.358 e. The molecule has 4 aromatic rings. The monoisotopic (exact) mass is 340 g/mol. The fourth-order valence-electron chi connectivity index (χ4n) is 2.61. The summed E-state index contributed by atoms with van der Waals surface area (Å²) in [4.78, 5) is 26.3. The highest BCUT2D eigenvalue weighted by Crippen LogP contribution is 2.37. The summed E-state index contributed by atoms with van der Waals surface area (Å²) in [5, 5.41) is 22.4. The van der Waals surface area contributed by atoms with Crippen LogP contribution < -0.4 is 0 Å². The van der Waals surface area contributed by atoms with Gasteiger partial charge in [0.25, 0.3) is 10.6 Å². The van der Waals surface area contributed by atoms with Crippen LogP contribution in [0.3, 0.4) is 0 Å². The van der Waals surface area contributed by atoms with E-state index in [0.29, 0.717) is 16.0 Å². The quantitative estimate of drug-likeness (QED) is 0.413. The Morgan fingerprint density at radius 3 is 2.33 bits per heavy atom. The fraction of sp³-hybridized carbons (Fsp3) is 0. The van der Waals surface area contributed by atoms with Gasteiger partial charge in [-0.15, -0.1) is 0 Å². The van der Waals surface area contributed by atoms with Crippen molar-refractivity contribution in [3.05, 3.63) is 68.8 Å². The van der Waals surface area contributed by atoms with Crippen LogP contribution >= 0.6 is 11.3 Å². The molecule has 2 aromatic carbocycles. The van der Waals surface area contributed by atoms with Gasteiger partial charge < -0.3 is 10.1 Å². The molecule has 0 spiro atoms. The zero-order chi connectivity index (χ0) is 16.8. The SMILES string of the molecule is O=[N+]([O-])c1ccc(-c2nc3sc4ccccc4n3c2[N+](=O)[O-])cc1. The highest BCUT2D eigenvalue weighted by atomic mass is 32.1. The third kappa shape index (κ3) is 2.02. The summed E-state index contributed by atoms with van der Waals surface area (Å²) < 4.78 is 2.41. The Morgan fingerprint density at radius 1 is 0.958 bits per heavy atom. The number of non-ortho nitro benzene ring substituents is 1. The highest BCUT2D eigenvalue weighted by Gasteiger charge is 2.27. The number of thiazole rings is 1. The van der Waals surface area contributed by atoms with Crippen molar-refractivity contribution < 1.29 is 9.85 Å². The molecule has 0 aliphatic rings. The van der Waals surface area contributed by atoms with Gasteiger partial charge in [-0.3, -0.25) is 10.1 Å². The number of rotatable bonds is 3. The van der Waals surface area contributed by atoms with Crippen molar-refractivity contribution in [1.82, 2.24) is 9.38 Å². The van der Waals surface area contributed by atoms with Gasteiger partial charge in [-0.05, 0) is 29.2 Å². The first-order valence-corrected chi connectivity index (χ1v) is 7.67. The van der Waals surface area contributed by atoms with Crippen LogP contribution in [0.1, 0.15) is 0 Å². The molecule has 0 radical (unpaired) electrons. The number of fused-ring (bicyclic) bond motifs is 3. The maximum Gasteiger partial charge on any atom is 0.357 e. The van der Waals surface area contributed by atoms with Crippen molar-refractivity contribution in [2.75, 3.05) is 0 Å². The lowest BCUT2D eigenvalue weighted by atomic mass is 10.1. The molecule has 0 saturated heterocycles. The average Bonchev–Trinajstić information content (AvgIpc) is 3.10. The molecule has 0 atom stereocenters. The van der Waals surface area contributed by atoms with E-state index in [2.05, 4.69) is 4.98 Å². The smallest absolute Gasteiger partial charge is 0.357 e. The van der Waals surface area contributed by atoms with E-state index in [9.17, 15) is 20.2 Å². The van der Waals surface area contributed by atoms with Gasteiger partial charge in [0, 0.05) is 17.7 Å². The summed E-state index contributed by atoms with van der Waals surface area (Å²) in [5.41, 5.74) is 1.30. The molecular weight excluding hydrogens is 332 g/mol. The molecule has 2 aromatic heterocycles. The summed E-state index contributed by atoms with van der Waals surface area (Å²) in [6.07, 6.45) is 0. The molecule has 0 bridgehead atoms. The van der Waals surface area contributed by atoms with Crippen molar-refractivity contribution in [2.45, 2.75) is 0 Å². The van der Waals surface area contributed by atoms with Crippen LogP contribution in [-0.2, 0) is 0 Å². The van der Waals surface area contributed by atoms with E-state index in [-0.39, 0.29) is 17.2 Å². The van der Waals surface area contributed by atoms with E-state index in [0.717, 1.165) is 4.70 Å². The number of aromatic nitrogens is 2. The van der Waals surface area contributed by atoms with Crippen LogP contribution in [-0.4, -0.2) is 19.2 Å². The Bertz CT molecular complexity index is 1110. The van der Waals surface area contributed by atoms with Crippen molar-refractivity contribution in [3.8, 4) is 11.3 Å². The number of nitro groups is 2. The third-order valence-corrected chi connectivity index (χ3v) is 4.68. The van der Waals surface area contributed by atoms with Gasteiger partial charge in [-0.2, -0.15) is 9.38 Å². The van der Waals surface area contributed by atoms with Gasteiger partial charge in [-0.25, -0.2) is 0 Å². The number of imidazole rings is 1. The maximum atomic E-state index is 11.6. The number of hydrogen-bond acceptors (Lipinski definition) is 6. The predicted octanol–water partition coefficient (Wildman–Crippen LogP) is 4.03. The second kappa shape index (κ2) is 5.10. The zero-order valence-electron chi connectivity index (χ0n) is 11.9. The number of nitro benzene ring substituents is 1. The molecule has 0 aliphatic carbocycles. The Labute approximate surface area is 137 Å². The van der Waals surface area contributed by atoms with E-state index in [1.54, 1.807) is 6.07 Å². The molecular formula is C15H8N4O4S. The zero-order valence-corrected chi connectivity index (χ0v) is 12.8. The maximum absolute atomic E-state index is 11.6. The lowest BCUT2D eigenvalue weighted by Crippen LogP contribution is -1.95. The van der Waals surface area contributed by atoms with Crippen LogP contribution in [0, 0.1) is 20.2 Å². The van der Waals surface area contributed by atoms with Gasteiger partial charge in [0.1, 0.15) is 0 Å². The van der Waals surface area contributed by atoms with Gasteiger partial charge in [-0.1, -0.05) is 23.5 Å². The number of para-hydroxylation sites is 1. The minimum atomic E-state index is -0.516. The van der Waals surface area contributed by atoms with Crippen molar-refractivity contribution in [3.63, 3.8) is 0 Å².